The number of esters is 1. The average Bonchev–Trinajstić information content (AvgIpc) is 1.85. The lowest BCUT2D eigenvalue weighted by molar-refractivity contribution is -0.141. The zero-order chi connectivity index (χ0) is 7.11. The molecule has 0 aliphatic carbocycles. The lowest BCUT2D eigenvalue weighted by Gasteiger charge is -1.98. The summed E-state index contributed by atoms with van der Waals surface area (Å²) < 4.78 is 7.11. The van der Waals surface area contributed by atoms with Crippen LogP contribution < -0.4 is 4.72 Å². The van der Waals surface area contributed by atoms with E-state index in [0.29, 0.717) is 6.61 Å². The summed E-state index contributed by atoms with van der Waals surface area (Å²) in [5.41, 5.74) is 0. The lowest BCUT2D eigenvalue weighted by atomic mass is 10.7. The molecule has 0 fully saturated rings. The quantitative estimate of drug-likeness (QED) is 0.502. The predicted molar refractivity (Wildman–Crippen MR) is 38.1 cm³/mol. The average molecular weight is 170 g/mol. The van der Waals surface area contributed by atoms with Crippen molar-refractivity contribution in [2.45, 2.75) is 6.92 Å². The molecule has 3 nitrogen and oxygen atoms in total. The minimum atomic E-state index is -0.286. The fourth-order valence-electron chi connectivity index (χ4n) is 0.298. The maximum atomic E-state index is 10.4. The molecule has 0 saturated carbocycles. The molecule has 0 spiro atoms. The molecule has 0 atom stereocenters. The van der Waals surface area contributed by atoms with Crippen molar-refractivity contribution < 1.29 is 9.53 Å². The first-order chi connectivity index (χ1) is 4.31. The number of ether oxygens (including phenoxy) is 1. The third-order valence-corrected chi connectivity index (χ3v) is 1.16. The van der Waals surface area contributed by atoms with E-state index in [9.17, 15) is 4.79 Å². The molecule has 0 aliphatic rings. The number of carbonyl (C=O) groups is 1. The number of nitrogens with one attached hydrogen (secondary N) is 1. The van der Waals surface area contributed by atoms with Crippen LogP contribution in [0, 0.1) is 0 Å². The summed E-state index contributed by atoms with van der Waals surface area (Å²) in [5.74, 6) is -0.286. The first-order valence-corrected chi connectivity index (χ1v) is 4.11. The van der Waals surface area contributed by atoms with E-state index in [1.807, 2.05) is 0 Å². The summed E-state index contributed by atoms with van der Waals surface area (Å²) in [6.07, 6.45) is 0. The van der Waals surface area contributed by atoms with Crippen molar-refractivity contribution in [2.24, 2.45) is 0 Å². The van der Waals surface area contributed by atoms with Crippen LogP contribution in [0.5, 0.6) is 0 Å². The summed E-state index contributed by atoms with van der Waals surface area (Å²) in [6, 6.07) is 0. The molecule has 0 aliphatic heterocycles. The summed E-state index contributed by atoms with van der Waals surface area (Å²) >= 11 is 0.877. The second-order valence-electron chi connectivity index (χ2n) is 1.20. The van der Waals surface area contributed by atoms with E-state index in [4.69, 9.17) is 10.7 Å². The Kier molecular flexibility index (Phi) is 6.24. The molecule has 0 saturated heterocycles. The van der Waals surface area contributed by atoms with Crippen LogP contribution >= 0.6 is 21.8 Å². The lowest BCUT2D eigenvalue weighted by Crippen LogP contribution is -2.18. The molecule has 0 rings (SSSR count). The fraction of sp³-hybridized carbons (Fsp3) is 0.750. The summed E-state index contributed by atoms with van der Waals surface area (Å²) in [7, 11) is 5.14. The molecule has 0 aromatic heterocycles. The van der Waals surface area contributed by atoms with Crippen LogP contribution in [0.3, 0.4) is 0 Å². The van der Waals surface area contributed by atoms with Crippen molar-refractivity contribution in [3.8, 4) is 0 Å². The molecule has 0 aromatic rings. The Morgan fingerprint density at radius 1 is 1.89 bits per heavy atom. The van der Waals surface area contributed by atoms with Crippen LogP contribution in [0.25, 0.3) is 0 Å². The van der Waals surface area contributed by atoms with Crippen molar-refractivity contribution in [2.75, 3.05) is 13.2 Å². The standard InChI is InChI=1S/C4H8ClNO2S/c1-2-8-4(7)3-6-9-5/h6H,2-3H2,1H3. The third-order valence-electron chi connectivity index (χ3n) is 0.576. The third kappa shape index (κ3) is 5.95. The van der Waals surface area contributed by atoms with Gasteiger partial charge < -0.3 is 4.74 Å². The van der Waals surface area contributed by atoms with Gasteiger partial charge in [-0.15, -0.1) is 0 Å². The van der Waals surface area contributed by atoms with Gasteiger partial charge in [-0.1, -0.05) is 0 Å². The number of hydrogen-bond acceptors (Lipinski definition) is 4. The molecule has 0 radical (unpaired) electrons. The van der Waals surface area contributed by atoms with Crippen molar-refractivity contribution >= 4 is 27.8 Å². The topological polar surface area (TPSA) is 38.3 Å². The monoisotopic (exact) mass is 169 g/mol. The Morgan fingerprint density at radius 2 is 2.56 bits per heavy atom. The highest BCUT2D eigenvalue weighted by molar-refractivity contribution is 8.19. The van der Waals surface area contributed by atoms with E-state index in [-0.39, 0.29) is 12.5 Å². The number of hydrogen-bond donors (Lipinski definition) is 1. The predicted octanol–water partition coefficient (Wildman–Crippen LogP) is 0.941. The van der Waals surface area contributed by atoms with Crippen molar-refractivity contribution in [3.63, 3.8) is 0 Å². The van der Waals surface area contributed by atoms with Gasteiger partial charge in [0.25, 0.3) is 0 Å². The van der Waals surface area contributed by atoms with Gasteiger partial charge >= 0.3 is 5.97 Å². The molecule has 0 heterocycles. The Balaban J connectivity index is 3.06. The zero-order valence-electron chi connectivity index (χ0n) is 5.02. The first-order valence-electron chi connectivity index (χ1n) is 2.47. The van der Waals surface area contributed by atoms with Gasteiger partial charge in [-0.3, -0.25) is 4.79 Å². The molecular formula is C4H8ClNO2S. The van der Waals surface area contributed by atoms with E-state index in [1.54, 1.807) is 6.92 Å². The minimum Gasteiger partial charge on any atom is -0.465 e. The van der Waals surface area contributed by atoms with E-state index in [2.05, 4.69) is 9.46 Å². The van der Waals surface area contributed by atoms with Crippen LogP contribution in [0.2, 0.25) is 0 Å². The summed E-state index contributed by atoms with van der Waals surface area (Å²) in [6.45, 7) is 2.32. The van der Waals surface area contributed by atoms with Crippen LogP contribution in [-0.4, -0.2) is 19.1 Å². The van der Waals surface area contributed by atoms with E-state index in [0.717, 1.165) is 11.2 Å². The normalized spacial score (nSPS) is 9.11. The van der Waals surface area contributed by atoms with E-state index in [1.165, 1.54) is 0 Å². The molecule has 0 aromatic carbocycles. The second kappa shape index (κ2) is 6.19. The number of carbonyl (C=O) groups excluding carboxylic acids is 1. The highest BCUT2D eigenvalue weighted by Crippen LogP contribution is 1.96. The molecule has 1 N–H and O–H groups in total. The van der Waals surface area contributed by atoms with Gasteiger partial charge in [-0.2, -0.15) is 0 Å². The number of rotatable bonds is 4. The molecule has 5 heteroatoms. The van der Waals surface area contributed by atoms with Gasteiger partial charge in [0.05, 0.1) is 6.61 Å². The molecule has 0 unspecified atom stereocenters. The van der Waals surface area contributed by atoms with Gasteiger partial charge in [0.15, 0.2) is 0 Å². The van der Waals surface area contributed by atoms with E-state index < -0.39 is 0 Å². The molecule has 0 amide bonds. The highest BCUT2D eigenvalue weighted by Gasteiger charge is 1.97. The van der Waals surface area contributed by atoms with Crippen LogP contribution in [0.4, 0.5) is 0 Å². The highest BCUT2D eigenvalue weighted by atomic mass is 35.7. The van der Waals surface area contributed by atoms with E-state index >= 15 is 0 Å². The summed E-state index contributed by atoms with van der Waals surface area (Å²) in [4.78, 5) is 10.4. The van der Waals surface area contributed by atoms with Gasteiger partial charge in [-0.05, 0) is 17.6 Å². The van der Waals surface area contributed by atoms with Crippen molar-refractivity contribution in [3.05, 3.63) is 0 Å². The smallest absolute Gasteiger partial charge is 0.320 e. The Labute approximate surface area is 62.7 Å². The SMILES string of the molecule is CCOC(=O)CNSCl. The van der Waals surface area contributed by atoms with Crippen LogP contribution in [0.1, 0.15) is 6.92 Å². The van der Waals surface area contributed by atoms with Crippen LogP contribution in [0.15, 0.2) is 0 Å². The maximum Gasteiger partial charge on any atom is 0.320 e. The van der Waals surface area contributed by atoms with Crippen molar-refractivity contribution in [1.29, 1.82) is 0 Å². The van der Waals surface area contributed by atoms with Crippen molar-refractivity contribution in [1.82, 2.24) is 4.72 Å². The number of halogens is 1. The second-order valence-corrected chi connectivity index (χ2v) is 2.11. The fourth-order valence-corrected chi connectivity index (χ4v) is 0.634. The Bertz CT molecular complexity index is 90.6. The molecule has 9 heavy (non-hydrogen) atoms. The Hall–Kier alpha value is 0.0700. The Morgan fingerprint density at radius 3 is 3.00 bits per heavy atom. The van der Waals surface area contributed by atoms with Gasteiger partial charge in [-0.25, -0.2) is 4.72 Å². The summed E-state index contributed by atoms with van der Waals surface area (Å²) in [5, 5.41) is 0. The zero-order valence-corrected chi connectivity index (χ0v) is 6.59. The minimum absolute atomic E-state index is 0.155. The maximum absolute atomic E-state index is 10.4. The molecule has 0 bridgehead atoms. The van der Waals surface area contributed by atoms with Gasteiger partial charge in [0, 0.05) is 11.2 Å². The molecular weight excluding hydrogens is 162 g/mol. The van der Waals surface area contributed by atoms with Gasteiger partial charge in [0.1, 0.15) is 6.54 Å². The van der Waals surface area contributed by atoms with Gasteiger partial charge in [0.2, 0.25) is 0 Å². The largest absolute Gasteiger partial charge is 0.465 e. The first kappa shape index (κ1) is 9.07. The van der Waals surface area contributed by atoms with Crippen LogP contribution in [-0.2, 0) is 9.53 Å². The molecule has 54 valence electrons.